The van der Waals surface area contributed by atoms with Gasteiger partial charge in [-0.15, -0.1) is 0 Å². The predicted molar refractivity (Wildman–Crippen MR) is 81.9 cm³/mol. The summed E-state index contributed by atoms with van der Waals surface area (Å²) >= 11 is 0. The van der Waals surface area contributed by atoms with E-state index in [1.807, 2.05) is 17.0 Å². The van der Waals surface area contributed by atoms with Crippen molar-refractivity contribution in [3.05, 3.63) is 23.9 Å². The largest absolute Gasteiger partial charge is 0.369 e. The number of piperidine rings is 1. The Labute approximate surface area is 121 Å². The van der Waals surface area contributed by atoms with Gasteiger partial charge in [0.15, 0.2) is 0 Å². The molecule has 0 saturated carbocycles. The topological polar surface area (TPSA) is 45.2 Å². The first kappa shape index (κ1) is 14.8. The van der Waals surface area contributed by atoms with Gasteiger partial charge in [0.25, 0.3) is 5.91 Å². The average molecular weight is 275 g/mol. The molecule has 0 radical (unpaired) electrons. The standard InChI is InChI=1S/C16H25N3O/c1-3-9-17-15-14(6-5-10-18-15)16(20)19-11-7-13(4-2)8-12-19/h5-6,10,13H,3-4,7-9,11-12H2,1-2H3,(H,17,18). The third-order valence-electron chi connectivity index (χ3n) is 4.06. The van der Waals surface area contributed by atoms with Crippen LogP contribution < -0.4 is 5.32 Å². The molecular formula is C16H25N3O. The second-order valence-electron chi connectivity index (χ2n) is 5.47. The monoisotopic (exact) mass is 275 g/mol. The van der Waals surface area contributed by atoms with Gasteiger partial charge in [0.1, 0.15) is 5.82 Å². The van der Waals surface area contributed by atoms with Gasteiger partial charge in [-0.1, -0.05) is 20.3 Å². The van der Waals surface area contributed by atoms with Crippen LogP contribution >= 0.6 is 0 Å². The number of likely N-dealkylation sites (tertiary alicyclic amines) is 1. The number of nitrogens with zero attached hydrogens (tertiary/aromatic N) is 2. The molecular weight excluding hydrogens is 250 g/mol. The summed E-state index contributed by atoms with van der Waals surface area (Å²) in [5.74, 6) is 1.62. The zero-order valence-electron chi connectivity index (χ0n) is 12.6. The lowest BCUT2D eigenvalue weighted by Crippen LogP contribution is -2.38. The van der Waals surface area contributed by atoms with E-state index in [4.69, 9.17) is 0 Å². The molecule has 2 rings (SSSR count). The molecule has 1 aliphatic heterocycles. The zero-order valence-corrected chi connectivity index (χ0v) is 12.6. The Morgan fingerprint density at radius 1 is 1.40 bits per heavy atom. The van der Waals surface area contributed by atoms with Crippen LogP contribution in [0.3, 0.4) is 0 Å². The van der Waals surface area contributed by atoms with Gasteiger partial charge in [0, 0.05) is 25.8 Å². The lowest BCUT2D eigenvalue weighted by molar-refractivity contribution is 0.0689. The minimum atomic E-state index is 0.117. The summed E-state index contributed by atoms with van der Waals surface area (Å²) in [7, 11) is 0. The Morgan fingerprint density at radius 3 is 2.80 bits per heavy atom. The van der Waals surface area contributed by atoms with Crippen LogP contribution in [0.5, 0.6) is 0 Å². The van der Waals surface area contributed by atoms with Crippen molar-refractivity contribution in [2.75, 3.05) is 25.0 Å². The number of rotatable bonds is 5. The fraction of sp³-hybridized carbons (Fsp3) is 0.625. The highest BCUT2D eigenvalue weighted by Crippen LogP contribution is 2.23. The van der Waals surface area contributed by atoms with E-state index in [1.54, 1.807) is 6.20 Å². The summed E-state index contributed by atoms with van der Waals surface area (Å²) in [4.78, 5) is 18.9. The van der Waals surface area contributed by atoms with Crippen LogP contribution in [0, 0.1) is 5.92 Å². The maximum absolute atomic E-state index is 12.6. The lowest BCUT2D eigenvalue weighted by Gasteiger charge is -2.31. The van der Waals surface area contributed by atoms with Crippen molar-refractivity contribution in [1.29, 1.82) is 0 Å². The molecule has 20 heavy (non-hydrogen) atoms. The quantitative estimate of drug-likeness (QED) is 0.897. The summed E-state index contributed by atoms with van der Waals surface area (Å²) in [6.07, 6.45) is 6.23. The number of carbonyl (C=O) groups is 1. The number of aromatic nitrogens is 1. The van der Waals surface area contributed by atoms with Gasteiger partial charge in [0.2, 0.25) is 0 Å². The Kier molecular flexibility index (Phi) is 5.39. The fourth-order valence-corrected chi connectivity index (χ4v) is 2.68. The second-order valence-corrected chi connectivity index (χ2v) is 5.47. The maximum Gasteiger partial charge on any atom is 0.257 e. The Hall–Kier alpha value is -1.58. The third-order valence-corrected chi connectivity index (χ3v) is 4.06. The molecule has 0 spiro atoms. The highest BCUT2D eigenvalue weighted by molar-refractivity contribution is 5.98. The van der Waals surface area contributed by atoms with Crippen LogP contribution in [0.25, 0.3) is 0 Å². The molecule has 1 fully saturated rings. The van der Waals surface area contributed by atoms with Crippen molar-refractivity contribution in [1.82, 2.24) is 9.88 Å². The minimum Gasteiger partial charge on any atom is -0.369 e. The minimum absolute atomic E-state index is 0.117. The number of nitrogens with one attached hydrogen (secondary N) is 1. The molecule has 0 bridgehead atoms. The van der Waals surface area contributed by atoms with Gasteiger partial charge in [-0.25, -0.2) is 4.98 Å². The van der Waals surface area contributed by atoms with Crippen LogP contribution in [0.15, 0.2) is 18.3 Å². The molecule has 110 valence electrons. The van der Waals surface area contributed by atoms with E-state index in [0.29, 0.717) is 5.56 Å². The third kappa shape index (κ3) is 3.50. The number of pyridine rings is 1. The van der Waals surface area contributed by atoms with Gasteiger partial charge in [-0.2, -0.15) is 0 Å². The zero-order chi connectivity index (χ0) is 14.4. The van der Waals surface area contributed by atoms with Crippen molar-refractivity contribution in [3.8, 4) is 0 Å². The van der Waals surface area contributed by atoms with Crippen molar-refractivity contribution in [2.45, 2.75) is 39.5 Å². The summed E-state index contributed by atoms with van der Waals surface area (Å²) in [6.45, 7) is 6.93. The number of anilines is 1. The van der Waals surface area contributed by atoms with E-state index in [-0.39, 0.29) is 5.91 Å². The molecule has 4 heteroatoms. The maximum atomic E-state index is 12.6. The van der Waals surface area contributed by atoms with E-state index in [1.165, 1.54) is 6.42 Å². The highest BCUT2D eigenvalue weighted by Gasteiger charge is 2.24. The SMILES string of the molecule is CCCNc1ncccc1C(=O)N1CCC(CC)CC1. The van der Waals surface area contributed by atoms with E-state index in [0.717, 1.165) is 50.6 Å². The first-order chi connectivity index (χ1) is 9.76. The Bertz CT molecular complexity index is 439. The number of carbonyl (C=O) groups excluding carboxylic acids is 1. The smallest absolute Gasteiger partial charge is 0.257 e. The molecule has 0 unspecified atom stereocenters. The molecule has 1 aromatic heterocycles. The van der Waals surface area contributed by atoms with Gasteiger partial charge < -0.3 is 10.2 Å². The van der Waals surface area contributed by atoms with Crippen LogP contribution in [0.1, 0.15) is 49.9 Å². The van der Waals surface area contributed by atoms with Crippen LogP contribution in [0.4, 0.5) is 5.82 Å². The Balaban J connectivity index is 2.05. The van der Waals surface area contributed by atoms with Crippen LogP contribution in [0.2, 0.25) is 0 Å². The molecule has 4 nitrogen and oxygen atoms in total. The van der Waals surface area contributed by atoms with Crippen molar-refractivity contribution < 1.29 is 4.79 Å². The van der Waals surface area contributed by atoms with E-state index in [9.17, 15) is 4.79 Å². The summed E-state index contributed by atoms with van der Waals surface area (Å²) in [6, 6.07) is 3.71. The van der Waals surface area contributed by atoms with Gasteiger partial charge >= 0.3 is 0 Å². The lowest BCUT2D eigenvalue weighted by atomic mass is 9.94. The fourth-order valence-electron chi connectivity index (χ4n) is 2.68. The highest BCUT2D eigenvalue weighted by atomic mass is 16.2. The van der Waals surface area contributed by atoms with Gasteiger partial charge in [0.05, 0.1) is 5.56 Å². The first-order valence-electron chi connectivity index (χ1n) is 7.74. The molecule has 1 aromatic rings. The van der Waals surface area contributed by atoms with E-state index in [2.05, 4.69) is 24.1 Å². The van der Waals surface area contributed by atoms with Crippen LogP contribution in [-0.4, -0.2) is 35.4 Å². The molecule has 0 atom stereocenters. The number of hydrogen-bond donors (Lipinski definition) is 1. The summed E-state index contributed by atoms with van der Waals surface area (Å²) in [5.41, 5.74) is 0.705. The molecule has 0 aliphatic carbocycles. The van der Waals surface area contributed by atoms with E-state index < -0.39 is 0 Å². The molecule has 2 heterocycles. The number of hydrogen-bond acceptors (Lipinski definition) is 3. The molecule has 1 N–H and O–H groups in total. The van der Waals surface area contributed by atoms with Gasteiger partial charge in [-0.05, 0) is 37.3 Å². The second kappa shape index (κ2) is 7.27. The molecule has 1 saturated heterocycles. The normalized spacial score (nSPS) is 16.2. The summed E-state index contributed by atoms with van der Waals surface area (Å²) in [5, 5.41) is 3.24. The molecule has 1 amide bonds. The average Bonchev–Trinajstić information content (AvgIpc) is 2.52. The number of amides is 1. The van der Waals surface area contributed by atoms with Gasteiger partial charge in [-0.3, -0.25) is 4.79 Å². The first-order valence-corrected chi connectivity index (χ1v) is 7.74. The molecule has 0 aromatic carbocycles. The molecule has 1 aliphatic rings. The van der Waals surface area contributed by atoms with Crippen molar-refractivity contribution in [2.24, 2.45) is 5.92 Å². The van der Waals surface area contributed by atoms with Crippen molar-refractivity contribution in [3.63, 3.8) is 0 Å². The predicted octanol–water partition coefficient (Wildman–Crippen LogP) is 3.17. The van der Waals surface area contributed by atoms with Crippen molar-refractivity contribution >= 4 is 11.7 Å². The van der Waals surface area contributed by atoms with Crippen LogP contribution in [-0.2, 0) is 0 Å². The summed E-state index contributed by atoms with van der Waals surface area (Å²) < 4.78 is 0. The Morgan fingerprint density at radius 2 is 2.15 bits per heavy atom. The van der Waals surface area contributed by atoms with E-state index >= 15 is 0 Å².